The van der Waals surface area contributed by atoms with E-state index in [1.54, 1.807) is 30.7 Å². The van der Waals surface area contributed by atoms with E-state index in [0.29, 0.717) is 28.2 Å². The molecule has 2 N–H and O–H groups in total. The Kier molecular flexibility index (Phi) is 7.65. The average molecular weight is 494 g/mol. The lowest BCUT2D eigenvalue weighted by Crippen LogP contribution is -2.31. The molecule has 8 nitrogen and oxygen atoms in total. The van der Waals surface area contributed by atoms with Gasteiger partial charge in [-0.05, 0) is 50.1 Å². The highest BCUT2D eigenvalue weighted by Crippen LogP contribution is 2.39. The van der Waals surface area contributed by atoms with Gasteiger partial charge in [0.2, 0.25) is 11.1 Å². The highest BCUT2D eigenvalue weighted by molar-refractivity contribution is 7.99. The van der Waals surface area contributed by atoms with Gasteiger partial charge >= 0.3 is 0 Å². The van der Waals surface area contributed by atoms with Gasteiger partial charge in [0.1, 0.15) is 6.04 Å². The van der Waals surface area contributed by atoms with Gasteiger partial charge < -0.3 is 20.1 Å². The van der Waals surface area contributed by atoms with E-state index in [0.717, 1.165) is 41.1 Å². The number of ether oxygens (including phenoxy) is 2. The summed E-state index contributed by atoms with van der Waals surface area (Å²) >= 11 is 1.62. The van der Waals surface area contributed by atoms with Crippen molar-refractivity contribution >= 4 is 29.3 Å². The molecule has 9 heteroatoms. The van der Waals surface area contributed by atoms with Gasteiger partial charge in [0.15, 0.2) is 11.5 Å². The zero-order valence-corrected chi connectivity index (χ0v) is 21.5. The first-order valence-corrected chi connectivity index (χ1v) is 12.6. The molecule has 4 rings (SSSR count). The van der Waals surface area contributed by atoms with Crippen LogP contribution in [0.5, 0.6) is 11.5 Å². The van der Waals surface area contributed by atoms with Crippen LogP contribution in [0.3, 0.4) is 0 Å². The summed E-state index contributed by atoms with van der Waals surface area (Å²) in [4.78, 5) is 18.3. The number of anilines is 2. The predicted octanol–water partition coefficient (Wildman–Crippen LogP) is 5.42. The minimum absolute atomic E-state index is 0.208. The van der Waals surface area contributed by atoms with Gasteiger partial charge in [0.05, 0.1) is 19.8 Å². The topological polar surface area (TPSA) is 90.3 Å². The van der Waals surface area contributed by atoms with E-state index in [1.807, 2.05) is 56.3 Å². The Labute approximate surface area is 210 Å². The first-order chi connectivity index (χ1) is 16.9. The van der Waals surface area contributed by atoms with Crippen molar-refractivity contribution < 1.29 is 14.3 Å². The highest BCUT2D eigenvalue weighted by atomic mass is 32.2. The van der Waals surface area contributed by atoms with Crippen LogP contribution in [0.25, 0.3) is 0 Å². The smallest absolute Gasteiger partial charge is 0.255 e. The number of carbonyl (C=O) groups is 1. The van der Waals surface area contributed by atoms with E-state index >= 15 is 0 Å². The molecule has 2 aromatic carbocycles. The molecular formula is C26H31N5O3S. The molecule has 0 bridgehead atoms. The van der Waals surface area contributed by atoms with Crippen molar-refractivity contribution in [3.8, 4) is 11.5 Å². The number of aromatic nitrogens is 3. The molecule has 1 aliphatic rings. The second-order valence-electron chi connectivity index (χ2n) is 8.37. The molecule has 35 heavy (non-hydrogen) atoms. The summed E-state index contributed by atoms with van der Waals surface area (Å²) in [7, 11) is 3.20. The lowest BCUT2D eigenvalue weighted by atomic mass is 9.94. The summed E-state index contributed by atoms with van der Waals surface area (Å²) in [5.41, 5.74) is 3.97. The van der Waals surface area contributed by atoms with Crippen LogP contribution in [-0.2, 0) is 4.79 Å². The third-order valence-corrected chi connectivity index (χ3v) is 6.76. The molecule has 0 aliphatic carbocycles. The number of methoxy groups -OCH3 is 2. The third kappa shape index (κ3) is 5.30. The fraction of sp³-hybridized carbons (Fsp3) is 0.346. The number of amides is 1. The van der Waals surface area contributed by atoms with Crippen LogP contribution in [0.4, 0.5) is 11.6 Å². The van der Waals surface area contributed by atoms with Crippen molar-refractivity contribution in [3.63, 3.8) is 0 Å². The Morgan fingerprint density at radius 2 is 1.86 bits per heavy atom. The largest absolute Gasteiger partial charge is 0.493 e. The minimum atomic E-state index is -0.496. The Hall–Kier alpha value is -3.46. The zero-order chi connectivity index (χ0) is 24.9. The van der Waals surface area contributed by atoms with Crippen LogP contribution < -0.4 is 20.1 Å². The van der Waals surface area contributed by atoms with Crippen molar-refractivity contribution in [1.29, 1.82) is 0 Å². The lowest BCUT2D eigenvalue weighted by Gasteiger charge is -2.29. The Bertz CT molecular complexity index is 1240. The van der Waals surface area contributed by atoms with Crippen LogP contribution in [0, 0.1) is 6.92 Å². The zero-order valence-electron chi connectivity index (χ0n) is 20.7. The second kappa shape index (κ2) is 10.9. The summed E-state index contributed by atoms with van der Waals surface area (Å²) in [5.74, 6) is 2.53. The van der Waals surface area contributed by atoms with E-state index in [1.165, 1.54) is 0 Å². The predicted molar refractivity (Wildman–Crippen MR) is 139 cm³/mol. The SMILES string of the molecule is CCCCSc1nc2n(n1)C(c1ccc(OC)c(OC)c1)C(C(=O)Nc1ccc(C)cc1)=C(C)N2. The third-order valence-electron chi connectivity index (χ3n) is 5.84. The molecule has 0 saturated heterocycles. The number of nitrogens with one attached hydrogen (secondary N) is 2. The Morgan fingerprint density at radius 1 is 1.11 bits per heavy atom. The minimum Gasteiger partial charge on any atom is -0.493 e. The van der Waals surface area contributed by atoms with E-state index < -0.39 is 6.04 Å². The standard InChI is InChI=1S/C26H31N5O3S/c1-6-7-14-35-26-29-25-27-17(3)22(24(32)28-19-11-8-16(2)9-12-19)23(31(25)30-26)18-10-13-20(33-4)21(15-18)34-5/h8-13,15,23H,6-7,14H2,1-5H3,(H,28,32)(H,27,29,30). The van der Waals surface area contributed by atoms with Crippen LogP contribution in [0.1, 0.15) is 43.9 Å². The van der Waals surface area contributed by atoms with E-state index in [4.69, 9.17) is 19.6 Å². The molecular weight excluding hydrogens is 462 g/mol. The summed E-state index contributed by atoms with van der Waals surface area (Å²) in [6.45, 7) is 6.06. The number of rotatable bonds is 9. The van der Waals surface area contributed by atoms with Crippen molar-refractivity contribution in [2.45, 2.75) is 44.8 Å². The van der Waals surface area contributed by atoms with Crippen LogP contribution in [0.2, 0.25) is 0 Å². The van der Waals surface area contributed by atoms with Gasteiger partial charge in [-0.25, -0.2) is 4.68 Å². The molecule has 0 spiro atoms. The number of nitrogens with zero attached hydrogens (tertiary/aromatic N) is 3. The van der Waals surface area contributed by atoms with E-state index in [2.05, 4.69) is 17.6 Å². The van der Waals surface area contributed by atoms with Crippen molar-refractivity contribution in [2.24, 2.45) is 0 Å². The van der Waals surface area contributed by atoms with Crippen LogP contribution >= 0.6 is 11.8 Å². The highest BCUT2D eigenvalue weighted by Gasteiger charge is 2.35. The molecule has 1 aromatic heterocycles. The molecule has 184 valence electrons. The number of hydrogen-bond donors (Lipinski definition) is 2. The van der Waals surface area contributed by atoms with Crippen molar-refractivity contribution in [2.75, 3.05) is 30.6 Å². The maximum atomic E-state index is 13.6. The summed E-state index contributed by atoms with van der Waals surface area (Å²) < 4.78 is 12.8. The Balaban J connectivity index is 1.76. The molecule has 0 saturated carbocycles. The fourth-order valence-electron chi connectivity index (χ4n) is 3.96. The molecule has 1 aliphatic heterocycles. The number of unbranched alkanes of at least 4 members (excludes halogenated alkanes) is 1. The van der Waals surface area contributed by atoms with Crippen molar-refractivity contribution in [3.05, 3.63) is 64.9 Å². The average Bonchev–Trinajstić information content (AvgIpc) is 3.26. The molecule has 0 fully saturated rings. The molecule has 0 radical (unpaired) electrons. The molecule has 2 heterocycles. The lowest BCUT2D eigenvalue weighted by molar-refractivity contribution is -0.113. The van der Waals surface area contributed by atoms with Crippen LogP contribution in [-0.4, -0.2) is 40.6 Å². The molecule has 1 atom stereocenters. The van der Waals surface area contributed by atoms with Gasteiger partial charge in [-0.2, -0.15) is 4.98 Å². The van der Waals surface area contributed by atoms with Gasteiger partial charge in [0.25, 0.3) is 5.91 Å². The van der Waals surface area contributed by atoms with Crippen molar-refractivity contribution in [1.82, 2.24) is 14.8 Å². The second-order valence-corrected chi connectivity index (χ2v) is 9.43. The summed E-state index contributed by atoms with van der Waals surface area (Å²) in [6, 6.07) is 12.9. The van der Waals surface area contributed by atoms with Crippen LogP contribution in [0.15, 0.2) is 58.9 Å². The monoisotopic (exact) mass is 493 g/mol. The fourth-order valence-corrected chi connectivity index (χ4v) is 4.87. The Morgan fingerprint density at radius 3 is 2.54 bits per heavy atom. The number of benzene rings is 2. The number of aryl methyl sites for hydroxylation is 1. The number of carbonyl (C=O) groups excluding carboxylic acids is 1. The first-order valence-electron chi connectivity index (χ1n) is 11.6. The number of allylic oxidation sites excluding steroid dienone is 1. The number of fused-ring (bicyclic) bond motifs is 1. The van der Waals surface area contributed by atoms with Gasteiger partial charge in [0, 0.05) is 17.1 Å². The maximum absolute atomic E-state index is 13.6. The quantitative estimate of drug-likeness (QED) is 0.304. The molecule has 1 unspecified atom stereocenters. The maximum Gasteiger partial charge on any atom is 0.255 e. The van der Waals surface area contributed by atoms with Gasteiger partial charge in [-0.3, -0.25) is 4.79 Å². The molecule has 1 amide bonds. The van der Waals surface area contributed by atoms with Gasteiger partial charge in [-0.1, -0.05) is 48.9 Å². The summed E-state index contributed by atoms with van der Waals surface area (Å²) in [5, 5.41) is 11.8. The molecule has 3 aromatic rings. The van der Waals surface area contributed by atoms with Gasteiger partial charge in [-0.15, -0.1) is 5.10 Å². The van der Waals surface area contributed by atoms with E-state index in [9.17, 15) is 4.79 Å². The number of thioether (sulfide) groups is 1. The number of hydrogen-bond acceptors (Lipinski definition) is 7. The normalized spacial score (nSPS) is 14.8. The first kappa shape index (κ1) is 24.7. The van der Waals surface area contributed by atoms with E-state index in [-0.39, 0.29) is 5.91 Å². The summed E-state index contributed by atoms with van der Waals surface area (Å²) in [6.07, 6.45) is 2.19.